The summed E-state index contributed by atoms with van der Waals surface area (Å²) in [6, 6.07) is 0. The molecule has 1 heterocycles. The van der Waals surface area contributed by atoms with Crippen molar-refractivity contribution < 1.29 is 4.74 Å². The highest BCUT2D eigenvalue weighted by molar-refractivity contribution is 5.79. The Morgan fingerprint density at radius 1 is 1.62 bits per heavy atom. The van der Waals surface area contributed by atoms with Crippen molar-refractivity contribution in [2.24, 2.45) is 10.4 Å². The standard InChI is InChI=1S/C11H19NO/c1-6-10(2,3)7-9-12-11(4,5)8-13-9/h6H,1,7-8H2,2-5H3. The lowest BCUT2D eigenvalue weighted by Gasteiger charge is -2.18. The molecule has 0 spiro atoms. The Balaban J connectivity index is 2.62. The van der Waals surface area contributed by atoms with Gasteiger partial charge in [0.1, 0.15) is 6.61 Å². The van der Waals surface area contributed by atoms with E-state index < -0.39 is 0 Å². The molecule has 74 valence electrons. The van der Waals surface area contributed by atoms with Gasteiger partial charge >= 0.3 is 0 Å². The molecule has 0 atom stereocenters. The van der Waals surface area contributed by atoms with E-state index in [1.807, 2.05) is 6.08 Å². The van der Waals surface area contributed by atoms with Gasteiger partial charge in [0.2, 0.25) is 0 Å². The molecule has 0 saturated heterocycles. The third-order valence-corrected chi connectivity index (χ3v) is 2.18. The summed E-state index contributed by atoms with van der Waals surface area (Å²) in [7, 11) is 0. The van der Waals surface area contributed by atoms with Crippen molar-refractivity contribution in [3.63, 3.8) is 0 Å². The van der Waals surface area contributed by atoms with Gasteiger partial charge in [0.25, 0.3) is 0 Å². The number of allylic oxidation sites excluding steroid dienone is 1. The Morgan fingerprint density at radius 2 is 2.23 bits per heavy atom. The van der Waals surface area contributed by atoms with Crippen LogP contribution in [0.2, 0.25) is 0 Å². The van der Waals surface area contributed by atoms with Gasteiger partial charge in [-0.15, -0.1) is 6.58 Å². The smallest absolute Gasteiger partial charge is 0.184 e. The van der Waals surface area contributed by atoms with Gasteiger partial charge in [-0.3, -0.25) is 0 Å². The fourth-order valence-corrected chi connectivity index (χ4v) is 1.21. The predicted octanol–water partition coefficient (Wildman–Crippen LogP) is 2.80. The molecule has 2 heteroatoms. The highest BCUT2D eigenvalue weighted by Crippen LogP contribution is 2.27. The van der Waals surface area contributed by atoms with Crippen LogP contribution in [-0.4, -0.2) is 18.0 Å². The highest BCUT2D eigenvalue weighted by Gasteiger charge is 2.28. The number of hydrogen-bond acceptors (Lipinski definition) is 2. The van der Waals surface area contributed by atoms with Crippen LogP contribution in [0.1, 0.15) is 34.1 Å². The molecule has 2 nitrogen and oxygen atoms in total. The molecule has 1 rings (SSSR count). The van der Waals surface area contributed by atoms with Crippen LogP contribution in [0.3, 0.4) is 0 Å². The molecule has 0 aromatic carbocycles. The first-order valence-electron chi connectivity index (χ1n) is 4.70. The minimum Gasteiger partial charge on any atom is -0.478 e. The maximum absolute atomic E-state index is 5.51. The van der Waals surface area contributed by atoms with Crippen LogP contribution in [0.5, 0.6) is 0 Å². The van der Waals surface area contributed by atoms with Gasteiger partial charge in [0.15, 0.2) is 5.90 Å². The molecule has 0 saturated carbocycles. The molecular formula is C11H19NO. The van der Waals surface area contributed by atoms with E-state index in [1.165, 1.54) is 0 Å². The zero-order valence-corrected chi connectivity index (χ0v) is 9.05. The molecule has 1 aliphatic heterocycles. The summed E-state index contributed by atoms with van der Waals surface area (Å²) in [4.78, 5) is 4.50. The first kappa shape index (κ1) is 10.3. The second-order valence-electron chi connectivity index (χ2n) is 4.98. The quantitative estimate of drug-likeness (QED) is 0.613. The zero-order valence-electron chi connectivity index (χ0n) is 9.05. The van der Waals surface area contributed by atoms with Gasteiger partial charge < -0.3 is 4.74 Å². The number of nitrogens with zero attached hydrogens (tertiary/aromatic N) is 1. The van der Waals surface area contributed by atoms with Crippen LogP contribution in [0, 0.1) is 5.41 Å². The Morgan fingerprint density at radius 3 is 2.62 bits per heavy atom. The van der Waals surface area contributed by atoms with Gasteiger partial charge in [-0.1, -0.05) is 19.9 Å². The van der Waals surface area contributed by atoms with E-state index in [2.05, 4.69) is 39.3 Å². The molecule has 0 N–H and O–H groups in total. The van der Waals surface area contributed by atoms with Gasteiger partial charge in [0, 0.05) is 6.42 Å². The predicted molar refractivity (Wildman–Crippen MR) is 56.1 cm³/mol. The van der Waals surface area contributed by atoms with Crippen LogP contribution >= 0.6 is 0 Å². The molecular weight excluding hydrogens is 162 g/mol. The number of aliphatic imine (C=N–C) groups is 1. The third-order valence-electron chi connectivity index (χ3n) is 2.18. The van der Waals surface area contributed by atoms with E-state index >= 15 is 0 Å². The van der Waals surface area contributed by atoms with Crippen LogP contribution in [0.15, 0.2) is 17.6 Å². The summed E-state index contributed by atoms with van der Waals surface area (Å²) in [6.45, 7) is 12.9. The molecule has 0 radical (unpaired) electrons. The van der Waals surface area contributed by atoms with E-state index in [4.69, 9.17) is 4.74 Å². The van der Waals surface area contributed by atoms with E-state index in [1.54, 1.807) is 0 Å². The van der Waals surface area contributed by atoms with Gasteiger partial charge in [-0.2, -0.15) is 0 Å². The Hall–Kier alpha value is -0.790. The lowest BCUT2D eigenvalue weighted by atomic mass is 9.90. The molecule has 0 aromatic heterocycles. The minimum atomic E-state index is -0.0351. The number of hydrogen-bond donors (Lipinski definition) is 0. The summed E-state index contributed by atoms with van der Waals surface area (Å²) in [5.74, 6) is 0.870. The molecule has 0 bridgehead atoms. The molecule has 0 amide bonds. The van der Waals surface area contributed by atoms with Crippen molar-refractivity contribution in [3.05, 3.63) is 12.7 Å². The number of ether oxygens (including phenoxy) is 1. The Bertz CT molecular complexity index is 238. The number of rotatable bonds is 3. The van der Waals surface area contributed by atoms with E-state index in [0.29, 0.717) is 6.61 Å². The summed E-state index contributed by atoms with van der Waals surface area (Å²) < 4.78 is 5.51. The Labute approximate surface area is 80.7 Å². The summed E-state index contributed by atoms with van der Waals surface area (Å²) in [6.07, 6.45) is 2.80. The first-order chi connectivity index (χ1) is 5.85. The lowest BCUT2D eigenvalue weighted by Crippen LogP contribution is -2.17. The van der Waals surface area contributed by atoms with Crippen molar-refractivity contribution in [2.75, 3.05) is 6.61 Å². The van der Waals surface area contributed by atoms with Gasteiger partial charge in [0.05, 0.1) is 5.54 Å². The van der Waals surface area contributed by atoms with Crippen LogP contribution in [0.25, 0.3) is 0 Å². The topological polar surface area (TPSA) is 21.6 Å². The van der Waals surface area contributed by atoms with Crippen LogP contribution in [-0.2, 0) is 4.74 Å². The molecule has 1 aliphatic rings. The SMILES string of the molecule is C=CC(C)(C)CC1=NC(C)(C)CO1. The molecule has 13 heavy (non-hydrogen) atoms. The molecule has 0 fully saturated rings. The van der Waals surface area contributed by atoms with Crippen molar-refractivity contribution in [2.45, 2.75) is 39.7 Å². The summed E-state index contributed by atoms with van der Waals surface area (Å²) in [5, 5.41) is 0. The minimum absolute atomic E-state index is 0.0351. The van der Waals surface area contributed by atoms with Crippen molar-refractivity contribution in [1.82, 2.24) is 0 Å². The van der Waals surface area contributed by atoms with Gasteiger partial charge in [-0.05, 0) is 19.3 Å². The van der Waals surface area contributed by atoms with Crippen molar-refractivity contribution >= 4 is 5.90 Å². The third kappa shape index (κ3) is 2.87. The normalized spacial score (nSPS) is 20.8. The maximum Gasteiger partial charge on any atom is 0.184 e. The zero-order chi connectivity index (χ0) is 10.1. The van der Waals surface area contributed by atoms with E-state index in [0.717, 1.165) is 12.3 Å². The fraction of sp³-hybridized carbons (Fsp3) is 0.727. The maximum atomic E-state index is 5.51. The van der Waals surface area contributed by atoms with E-state index in [-0.39, 0.29) is 11.0 Å². The lowest BCUT2D eigenvalue weighted by molar-refractivity contribution is 0.266. The monoisotopic (exact) mass is 181 g/mol. The first-order valence-corrected chi connectivity index (χ1v) is 4.70. The Kier molecular flexibility index (Phi) is 2.51. The molecule has 0 aromatic rings. The average molecular weight is 181 g/mol. The largest absolute Gasteiger partial charge is 0.478 e. The molecule has 0 aliphatic carbocycles. The molecule has 0 unspecified atom stereocenters. The second kappa shape index (κ2) is 3.17. The van der Waals surface area contributed by atoms with Crippen LogP contribution in [0.4, 0.5) is 0 Å². The summed E-state index contributed by atoms with van der Waals surface area (Å²) in [5.41, 5.74) is 0.0475. The van der Waals surface area contributed by atoms with Crippen LogP contribution < -0.4 is 0 Å². The fourth-order valence-electron chi connectivity index (χ4n) is 1.21. The second-order valence-corrected chi connectivity index (χ2v) is 4.98. The average Bonchev–Trinajstić information content (AvgIpc) is 2.29. The van der Waals surface area contributed by atoms with Crippen molar-refractivity contribution in [1.29, 1.82) is 0 Å². The summed E-state index contributed by atoms with van der Waals surface area (Å²) >= 11 is 0. The highest BCUT2D eigenvalue weighted by atomic mass is 16.5. The van der Waals surface area contributed by atoms with E-state index in [9.17, 15) is 0 Å². The van der Waals surface area contributed by atoms with Crippen molar-refractivity contribution in [3.8, 4) is 0 Å². The van der Waals surface area contributed by atoms with Gasteiger partial charge in [-0.25, -0.2) is 4.99 Å².